The van der Waals surface area contributed by atoms with Crippen molar-refractivity contribution in [2.45, 2.75) is 33.1 Å². The third-order valence-electron chi connectivity index (χ3n) is 1.82. The van der Waals surface area contributed by atoms with Crippen LogP contribution in [0.5, 0.6) is 0 Å². The van der Waals surface area contributed by atoms with Gasteiger partial charge in [0.15, 0.2) is 0 Å². The molecule has 0 aromatic rings. The first-order chi connectivity index (χ1) is 6.62. The molecule has 0 saturated carbocycles. The van der Waals surface area contributed by atoms with Crippen molar-refractivity contribution in [2.75, 3.05) is 25.4 Å². The lowest BCUT2D eigenvalue weighted by atomic mass is 10.4. The molecule has 0 atom stereocenters. The van der Waals surface area contributed by atoms with Crippen molar-refractivity contribution < 1.29 is 8.42 Å². The maximum Gasteiger partial charge on any atom is 0.211 e. The van der Waals surface area contributed by atoms with Crippen molar-refractivity contribution in [3.63, 3.8) is 0 Å². The lowest BCUT2D eigenvalue weighted by Crippen LogP contribution is -2.33. The van der Waals surface area contributed by atoms with Crippen LogP contribution in [0, 0.1) is 0 Å². The molecule has 0 rings (SSSR count). The summed E-state index contributed by atoms with van der Waals surface area (Å²) >= 11 is 0. The van der Waals surface area contributed by atoms with E-state index < -0.39 is 10.0 Å². The molecule has 0 bridgehead atoms. The van der Waals surface area contributed by atoms with E-state index in [0.717, 1.165) is 25.8 Å². The van der Waals surface area contributed by atoms with Crippen LogP contribution in [0.4, 0.5) is 0 Å². The Balaban J connectivity index is 0. The molecule has 0 unspecified atom stereocenters. The summed E-state index contributed by atoms with van der Waals surface area (Å²) in [5.41, 5.74) is 0. The molecule has 0 aliphatic rings. The van der Waals surface area contributed by atoms with Gasteiger partial charge in [0, 0.05) is 13.1 Å². The summed E-state index contributed by atoms with van der Waals surface area (Å²) in [4.78, 5) is 0. The van der Waals surface area contributed by atoms with E-state index in [9.17, 15) is 8.42 Å². The molecule has 94 valence electrons. The summed E-state index contributed by atoms with van der Waals surface area (Å²) in [6.07, 6.45) is 2.72. The van der Waals surface area contributed by atoms with Crippen molar-refractivity contribution in [3.8, 4) is 0 Å². The summed E-state index contributed by atoms with van der Waals surface area (Å²) in [5, 5.41) is 3.14. The van der Waals surface area contributed by atoms with Crippen LogP contribution in [0.25, 0.3) is 0 Å². The van der Waals surface area contributed by atoms with Gasteiger partial charge in [-0.15, -0.1) is 12.4 Å². The highest BCUT2D eigenvalue weighted by atomic mass is 35.5. The minimum absolute atomic E-state index is 0. The summed E-state index contributed by atoms with van der Waals surface area (Å²) in [5.74, 6) is 0.247. The third kappa shape index (κ3) is 12.1. The number of halogens is 1. The molecule has 0 aliphatic heterocycles. The van der Waals surface area contributed by atoms with Crippen LogP contribution in [-0.4, -0.2) is 33.8 Å². The van der Waals surface area contributed by atoms with Gasteiger partial charge < -0.3 is 5.32 Å². The first-order valence-electron chi connectivity index (χ1n) is 5.30. The first-order valence-corrected chi connectivity index (χ1v) is 6.95. The Morgan fingerprint density at radius 2 is 1.67 bits per heavy atom. The quantitative estimate of drug-likeness (QED) is 0.610. The van der Waals surface area contributed by atoms with E-state index >= 15 is 0 Å². The fourth-order valence-electron chi connectivity index (χ4n) is 1.00. The molecule has 15 heavy (non-hydrogen) atoms. The van der Waals surface area contributed by atoms with Crippen molar-refractivity contribution in [2.24, 2.45) is 0 Å². The number of nitrogens with one attached hydrogen (secondary N) is 2. The number of unbranched alkanes of at least 4 members (excludes halogenated alkanes) is 1. The Labute approximate surface area is 99.7 Å². The van der Waals surface area contributed by atoms with Crippen LogP contribution in [0.2, 0.25) is 0 Å². The molecule has 0 aromatic carbocycles. The van der Waals surface area contributed by atoms with Gasteiger partial charge in [0.1, 0.15) is 0 Å². The number of rotatable bonds is 9. The van der Waals surface area contributed by atoms with Gasteiger partial charge >= 0.3 is 0 Å². The van der Waals surface area contributed by atoms with Gasteiger partial charge in [-0.3, -0.25) is 0 Å². The lowest BCUT2D eigenvalue weighted by molar-refractivity contribution is 0.572. The maximum atomic E-state index is 11.3. The largest absolute Gasteiger partial charge is 0.315 e. The minimum Gasteiger partial charge on any atom is -0.315 e. The van der Waals surface area contributed by atoms with Crippen molar-refractivity contribution in [1.29, 1.82) is 0 Å². The predicted molar refractivity (Wildman–Crippen MR) is 67.1 cm³/mol. The van der Waals surface area contributed by atoms with E-state index in [1.54, 1.807) is 0 Å². The summed E-state index contributed by atoms with van der Waals surface area (Å²) in [7, 11) is -3.02. The van der Waals surface area contributed by atoms with Crippen LogP contribution in [-0.2, 0) is 10.0 Å². The SMILES string of the molecule is CCCCS(=O)(=O)NCCNCCC.Cl. The Kier molecular flexibility index (Phi) is 12.5. The highest BCUT2D eigenvalue weighted by molar-refractivity contribution is 7.89. The van der Waals surface area contributed by atoms with Gasteiger partial charge in [0.25, 0.3) is 0 Å². The normalized spacial score (nSPS) is 11.1. The zero-order valence-corrected chi connectivity index (χ0v) is 11.2. The van der Waals surface area contributed by atoms with Crippen LogP contribution in [0.15, 0.2) is 0 Å². The molecule has 0 aliphatic carbocycles. The minimum atomic E-state index is -3.02. The molecule has 0 fully saturated rings. The second kappa shape index (κ2) is 10.7. The van der Waals surface area contributed by atoms with Gasteiger partial charge in [0.2, 0.25) is 10.0 Å². The van der Waals surface area contributed by atoms with Gasteiger partial charge in [-0.05, 0) is 19.4 Å². The third-order valence-corrected chi connectivity index (χ3v) is 3.29. The molecule has 0 aromatic heterocycles. The predicted octanol–water partition coefficient (Wildman–Crippen LogP) is 1.13. The molecule has 0 spiro atoms. The zero-order valence-electron chi connectivity index (χ0n) is 9.58. The van der Waals surface area contributed by atoms with Crippen molar-refractivity contribution in [1.82, 2.24) is 10.0 Å². The van der Waals surface area contributed by atoms with Crippen LogP contribution in [0.3, 0.4) is 0 Å². The Hall–Kier alpha value is 0.160. The van der Waals surface area contributed by atoms with Gasteiger partial charge in [-0.1, -0.05) is 20.3 Å². The van der Waals surface area contributed by atoms with E-state index in [2.05, 4.69) is 17.0 Å². The average molecular weight is 259 g/mol. The number of sulfonamides is 1. The van der Waals surface area contributed by atoms with Crippen LogP contribution in [0.1, 0.15) is 33.1 Å². The Morgan fingerprint density at radius 1 is 1.00 bits per heavy atom. The molecule has 0 radical (unpaired) electrons. The second-order valence-electron chi connectivity index (χ2n) is 3.32. The first kappa shape index (κ1) is 17.6. The van der Waals surface area contributed by atoms with Crippen molar-refractivity contribution >= 4 is 22.4 Å². The number of hydrogen-bond donors (Lipinski definition) is 2. The van der Waals surface area contributed by atoms with E-state index in [1.807, 2.05) is 6.92 Å². The standard InChI is InChI=1S/C9H22N2O2S.ClH/c1-3-5-9-14(12,13)11-8-7-10-6-4-2;/h10-11H,3-9H2,1-2H3;1H. The van der Waals surface area contributed by atoms with E-state index in [4.69, 9.17) is 0 Å². The maximum absolute atomic E-state index is 11.3. The van der Waals surface area contributed by atoms with E-state index in [0.29, 0.717) is 13.1 Å². The number of hydrogen-bond acceptors (Lipinski definition) is 3. The second-order valence-corrected chi connectivity index (χ2v) is 5.24. The molecule has 0 amide bonds. The van der Waals surface area contributed by atoms with E-state index in [1.165, 1.54) is 0 Å². The van der Waals surface area contributed by atoms with Gasteiger partial charge in [-0.2, -0.15) is 0 Å². The highest BCUT2D eigenvalue weighted by Gasteiger charge is 2.07. The topological polar surface area (TPSA) is 58.2 Å². The summed E-state index contributed by atoms with van der Waals surface area (Å²) in [6, 6.07) is 0. The monoisotopic (exact) mass is 258 g/mol. The summed E-state index contributed by atoms with van der Waals surface area (Å²) < 4.78 is 25.1. The van der Waals surface area contributed by atoms with E-state index in [-0.39, 0.29) is 18.2 Å². The summed E-state index contributed by atoms with van der Waals surface area (Å²) in [6.45, 7) is 6.21. The molecule has 0 saturated heterocycles. The molecular formula is C9H23ClN2O2S. The molecule has 4 nitrogen and oxygen atoms in total. The van der Waals surface area contributed by atoms with Crippen LogP contribution < -0.4 is 10.0 Å². The van der Waals surface area contributed by atoms with Crippen LogP contribution >= 0.6 is 12.4 Å². The molecule has 0 heterocycles. The smallest absolute Gasteiger partial charge is 0.211 e. The zero-order chi connectivity index (χ0) is 10.9. The lowest BCUT2D eigenvalue weighted by Gasteiger charge is -2.06. The molecular weight excluding hydrogens is 236 g/mol. The fraction of sp³-hybridized carbons (Fsp3) is 1.00. The van der Waals surface area contributed by atoms with Crippen molar-refractivity contribution in [3.05, 3.63) is 0 Å². The van der Waals surface area contributed by atoms with Gasteiger partial charge in [-0.25, -0.2) is 13.1 Å². The molecule has 2 N–H and O–H groups in total. The fourth-order valence-corrected chi connectivity index (χ4v) is 2.23. The van der Waals surface area contributed by atoms with Gasteiger partial charge in [0.05, 0.1) is 5.75 Å². The Bertz CT molecular complexity index is 220. The molecule has 6 heteroatoms. The highest BCUT2D eigenvalue weighted by Crippen LogP contribution is 1.92. The average Bonchev–Trinajstić information content (AvgIpc) is 2.15. The Morgan fingerprint density at radius 3 is 2.20 bits per heavy atom.